The molecule has 0 radical (unpaired) electrons. The second kappa shape index (κ2) is 5.04. The number of hydrogen-bond donors (Lipinski definition) is 0. The van der Waals surface area contributed by atoms with E-state index in [0.717, 1.165) is 36.3 Å². The third-order valence-electron chi connectivity index (χ3n) is 2.83. The predicted molar refractivity (Wildman–Crippen MR) is 69.4 cm³/mol. The average molecular weight is 302 g/mol. The summed E-state index contributed by atoms with van der Waals surface area (Å²) >= 11 is 3.32. The Kier molecular flexibility index (Phi) is 3.85. The van der Waals surface area contributed by atoms with E-state index in [1.54, 1.807) is 6.07 Å². The topological polar surface area (TPSA) is 12.5 Å². The molecule has 0 aliphatic carbocycles. The van der Waals surface area contributed by atoms with Crippen LogP contribution in [0.15, 0.2) is 22.7 Å². The first-order valence-electron chi connectivity index (χ1n) is 5.76. The van der Waals surface area contributed by atoms with Crippen LogP contribution in [0.25, 0.3) is 0 Å². The summed E-state index contributed by atoms with van der Waals surface area (Å²) in [6.45, 7) is 7.45. The fraction of sp³-hybridized carbons (Fsp3) is 0.538. The molecule has 1 heterocycles. The molecular formula is C13H17BrFNO. The molecule has 1 saturated heterocycles. The van der Waals surface area contributed by atoms with Gasteiger partial charge in [0, 0.05) is 24.1 Å². The highest BCUT2D eigenvalue weighted by molar-refractivity contribution is 9.10. The van der Waals surface area contributed by atoms with Crippen molar-refractivity contribution in [2.24, 2.45) is 0 Å². The van der Waals surface area contributed by atoms with Gasteiger partial charge in [0.1, 0.15) is 5.82 Å². The van der Waals surface area contributed by atoms with Gasteiger partial charge in [-0.25, -0.2) is 4.39 Å². The average Bonchev–Trinajstić information content (AvgIpc) is 2.13. The molecule has 0 spiro atoms. The Hall–Kier alpha value is -0.450. The molecule has 0 atom stereocenters. The molecular weight excluding hydrogens is 285 g/mol. The van der Waals surface area contributed by atoms with Crippen LogP contribution >= 0.6 is 15.9 Å². The van der Waals surface area contributed by atoms with Gasteiger partial charge in [-0.3, -0.25) is 4.90 Å². The third-order valence-corrected chi connectivity index (χ3v) is 3.29. The quantitative estimate of drug-likeness (QED) is 0.832. The Balaban J connectivity index is 2.05. The monoisotopic (exact) mass is 301 g/mol. The zero-order chi connectivity index (χ0) is 12.5. The SMILES string of the molecule is CC1(C)CN(Cc2cc(F)cc(Br)c2)CCO1. The van der Waals surface area contributed by atoms with Crippen LogP contribution in [0, 0.1) is 5.82 Å². The largest absolute Gasteiger partial charge is 0.373 e. The molecule has 1 aliphatic heterocycles. The second-order valence-corrected chi connectivity index (χ2v) is 6.01. The van der Waals surface area contributed by atoms with E-state index in [1.807, 2.05) is 6.07 Å². The van der Waals surface area contributed by atoms with E-state index in [-0.39, 0.29) is 11.4 Å². The van der Waals surface area contributed by atoms with Gasteiger partial charge in [0.05, 0.1) is 12.2 Å². The molecule has 0 amide bonds. The van der Waals surface area contributed by atoms with E-state index >= 15 is 0 Å². The van der Waals surface area contributed by atoms with Crippen LogP contribution in [-0.4, -0.2) is 30.2 Å². The van der Waals surface area contributed by atoms with Crippen molar-refractivity contribution >= 4 is 15.9 Å². The van der Waals surface area contributed by atoms with Crippen LogP contribution in [0.4, 0.5) is 4.39 Å². The number of benzene rings is 1. The second-order valence-electron chi connectivity index (χ2n) is 5.10. The van der Waals surface area contributed by atoms with Crippen molar-refractivity contribution in [3.63, 3.8) is 0 Å². The number of rotatable bonds is 2. The highest BCUT2D eigenvalue weighted by atomic mass is 79.9. The fourth-order valence-corrected chi connectivity index (χ4v) is 2.72. The van der Waals surface area contributed by atoms with Crippen molar-refractivity contribution in [2.75, 3.05) is 19.7 Å². The van der Waals surface area contributed by atoms with Crippen molar-refractivity contribution < 1.29 is 9.13 Å². The van der Waals surface area contributed by atoms with E-state index in [0.29, 0.717) is 0 Å². The molecule has 0 unspecified atom stereocenters. The van der Waals surface area contributed by atoms with Crippen LogP contribution in [0.5, 0.6) is 0 Å². The molecule has 0 bridgehead atoms. The molecule has 2 nitrogen and oxygen atoms in total. The minimum Gasteiger partial charge on any atom is -0.373 e. The first-order chi connectivity index (χ1) is 7.94. The summed E-state index contributed by atoms with van der Waals surface area (Å²) in [5.41, 5.74) is 0.887. The smallest absolute Gasteiger partial charge is 0.124 e. The highest BCUT2D eigenvalue weighted by Crippen LogP contribution is 2.20. The van der Waals surface area contributed by atoms with Crippen molar-refractivity contribution in [1.29, 1.82) is 0 Å². The van der Waals surface area contributed by atoms with E-state index in [4.69, 9.17) is 4.74 Å². The molecule has 94 valence electrons. The van der Waals surface area contributed by atoms with Gasteiger partial charge in [0.15, 0.2) is 0 Å². The van der Waals surface area contributed by atoms with Gasteiger partial charge >= 0.3 is 0 Å². The first kappa shape index (κ1) is 13.0. The van der Waals surface area contributed by atoms with Crippen LogP contribution in [0.2, 0.25) is 0 Å². The maximum atomic E-state index is 13.3. The minimum atomic E-state index is -0.193. The summed E-state index contributed by atoms with van der Waals surface area (Å²) in [7, 11) is 0. The number of hydrogen-bond acceptors (Lipinski definition) is 2. The normalized spacial score (nSPS) is 20.5. The lowest BCUT2D eigenvalue weighted by atomic mass is 10.1. The first-order valence-corrected chi connectivity index (χ1v) is 6.55. The molecule has 4 heteroatoms. The van der Waals surface area contributed by atoms with Gasteiger partial charge < -0.3 is 4.74 Å². The maximum absolute atomic E-state index is 13.3. The lowest BCUT2D eigenvalue weighted by Crippen LogP contribution is -2.47. The van der Waals surface area contributed by atoms with E-state index in [9.17, 15) is 4.39 Å². The van der Waals surface area contributed by atoms with Gasteiger partial charge in [-0.2, -0.15) is 0 Å². The lowest BCUT2D eigenvalue weighted by molar-refractivity contribution is -0.0882. The summed E-state index contributed by atoms with van der Waals surface area (Å²) in [4.78, 5) is 2.30. The fourth-order valence-electron chi connectivity index (χ4n) is 2.21. The zero-order valence-electron chi connectivity index (χ0n) is 10.2. The van der Waals surface area contributed by atoms with Crippen LogP contribution in [-0.2, 0) is 11.3 Å². The molecule has 0 saturated carbocycles. The van der Waals surface area contributed by atoms with Crippen molar-refractivity contribution in [3.8, 4) is 0 Å². The van der Waals surface area contributed by atoms with E-state index < -0.39 is 0 Å². The summed E-state index contributed by atoms with van der Waals surface area (Å²) in [5, 5.41) is 0. The zero-order valence-corrected chi connectivity index (χ0v) is 11.8. The lowest BCUT2D eigenvalue weighted by Gasteiger charge is -2.38. The minimum absolute atomic E-state index is 0.108. The van der Waals surface area contributed by atoms with E-state index in [2.05, 4.69) is 34.7 Å². The molecule has 0 aromatic heterocycles. The third kappa shape index (κ3) is 3.76. The van der Waals surface area contributed by atoms with Crippen molar-refractivity contribution in [2.45, 2.75) is 26.0 Å². The van der Waals surface area contributed by atoms with Crippen LogP contribution in [0.1, 0.15) is 19.4 Å². The molecule has 17 heavy (non-hydrogen) atoms. The van der Waals surface area contributed by atoms with Crippen molar-refractivity contribution in [1.82, 2.24) is 4.90 Å². The molecule has 2 rings (SSSR count). The van der Waals surface area contributed by atoms with Gasteiger partial charge in [-0.1, -0.05) is 15.9 Å². The highest BCUT2D eigenvalue weighted by Gasteiger charge is 2.26. The summed E-state index contributed by atoms with van der Waals surface area (Å²) in [6.07, 6.45) is 0. The molecule has 1 aromatic rings. The summed E-state index contributed by atoms with van der Waals surface area (Å²) in [5.74, 6) is -0.193. The van der Waals surface area contributed by atoms with Gasteiger partial charge in [0.25, 0.3) is 0 Å². The Bertz CT molecular complexity index is 388. The Morgan fingerprint density at radius 1 is 1.41 bits per heavy atom. The number of halogens is 2. The number of ether oxygens (including phenoxy) is 1. The summed E-state index contributed by atoms with van der Waals surface area (Å²) < 4.78 is 19.7. The van der Waals surface area contributed by atoms with Gasteiger partial charge in [0.2, 0.25) is 0 Å². The molecule has 1 aromatic carbocycles. The predicted octanol–water partition coefficient (Wildman–Crippen LogP) is 3.20. The Morgan fingerprint density at radius 3 is 2.82 bits per heavy atom. The van der Waals surface area contributed by atoms with Crippen molar-refractivity contribution in [3.05, 3.63) is 34.1 Å². The molecule has 0 N–H and O–H groups in total. The Morgan fingerprint density at radius 2 is 2.18 bits per heavy atom. The van der Waals surface area contributed by atoms with Gasteiger partial charge in [-0.15, -0.1) is 0 Å². The number of nitrogens with zero attached hydrogens (tertiary/aromatic N) is 1. The molecule has 1 aliphatic rings. The van der Waals surface area contributed by atoms with Crippen LogP contribution in [0.3, 0.4) is 0 Å². The maximum Gasteiger partial charge on any atom is 0.124 e. The van der Waals surface area contributed by atoms with Gasteiger partial charge in [-0.05, 0) is 37.6 Å². The van der Waals surface area contributed by atoms with E-state index in [1.165, 1.54) is 6.07 Å². The molecule has 1 fully saturated rings. The standard InChI is InChI=1S/C13H17BrFNO/c1-13(2)9-16(3-4-17-13)8-10-5-11(14)7-12(15)6-10/h5-7H,3-4,8-9H2,1-2H3. The number of morpholine rings is 1. The Labute approximate surface area is 110 Å². The van der Waals surface area contributed by atoms with Crippen LogP contribution < -0.4 is 0 Å². The summed E-state index contributed by atoms with van der Waals surface area (Å²) in [6, 6.07) is 5.03.